The van der Waals surface area contributed by atoms with Gasteiger partial charge in [0, 0.05) is 68.3 Å². The number of hydrogen-bond acceptors (Lipinski definition) is 4. The third-order valence-electron chi connectivity index (χ3n) is 13.0. The molecule has 1 aliphatic heterocycles. The molecule has 5 heterocycles. The van der Waals surface area contributed by atoms with Crippen LogP contribution in [0.2, 0.25) is 0 Å². The molecule has 4 aromatic heterocycles. The van der Waals surface area contributed by atoms with Crippen molar-refractivity contribution in [2.75, 3.05) is 0 Å². The second-order valence-corrected chi connectivity index (χ2v) is 17.2. The van der Waals surface area contributed by atoms with Crippen molar-refractivity contribution in [2.24, 2.45) is 0 Å². The van der Waals surface area contributed by atoms with Crippen molar-refractivity contribution in [3.63, 3.8) is 0 Å². The van der Waals surface area contributed by atoms with Gasteiger partial charge < -0.3 is 0 Å². The van der Waals surface area contributed by atoms with E-state index in [1.807, 2.05) is 47.7 Å². The Balaban J connectivity index is 1.18. The minimum Gasteiger partial charge on any atom is -0.278 e. The van der Waals surface area contributed by atoms with E-state index in [4.69, 9.17) is 21.5 Å². The molecule has 6 heteroatoms. The van der Waals surface area contributed by atoms with Gasteiger partial charge in [-0.25, -0.2) is 4.98 Å². The van der Waals surface area contributed by atoms with Crippen LogP contribution in [0.3, 0.4) is 0 Å². The summed E-state index contributed by atoms with van der Waals surface area (Å²) in [6.45, 7) is 14.0. The van der Waals surface area contributed by atoms with Gasteiger partial charge in [-0.15, -0.1) is 11.3 Å². The van der Waals surface area contributed by atoms with Gasteiger partial charge in [-0.1, -0.05) is 125 Å². The molecule has 0 spiro atoms. The number of rotatable bonds is 6. The fourth-order valence-electron chi connectivity index (χ4n) is 9.84. The smallest absolute Gasteiger partial charge is 0.238 e. The average molecular weight is 769 g/mol. The predicted octanol–water partition coefficient (Wildman–Crippen LogP) is 12.8. The first kappa shape index (κ1) is 34.7. The summed E-state index contributed by atoms with van der Waals surface area (Å²) in [5.41, 5.74) is 13.9. The van der Waals surface area contributed by atoms with Crippen LogP contribution in [0.4, 0.5) is 0 Å². The summed E-state index contributed by atoms with van der Waals surface area (Å²) in [6.07, 6.45) is 4.21. The van der Waals surface area contributed by atoms with Crippen LogP contribution in [0.15, 0.2) is 152 Å². The quantitative estimate of drug-likeness (QED) is 0.158. The van der Waals surface area contributed by atoms with Crippen LogP contribution in [0, 0.1) is 0 Å². The highest BCUT2D eigenvalue weighted by Gasteiger charge is 2.47. The summed E-state index contributed by atoms with van der Waals surface area (Å²) < 4.78 is 4.73. The highest BCUT2D eigenvalue weighted by Crippen LogP contribution is 2.52. The Labute approximate surface area is 342 Å². The monoisotopic (exact) mass is 768 g/mol. The standard InChI is InChI=1S/C52H42N5S/c1-6-52(7-2)32(3)37-30-46(58-47(37)44-24-16-17-27-56(44)52)35-25-26-43-39(28-35)40-29-38-36-22-14-15-23-41(36)51(4,5)42(38)31-45(40)57(43)50-54-48(33-18-10-8-11-19-33)53-49(55-50)34-20-12-9-13-21-34/h8-31H,3,6-7H2,1-2,4-5H3/q+1. The fraction of sp³-hybridized carbons (Fsp3) is 0.154. The normalized spacial score (nSPS) is 14.7. The highest BCUT2D eigenvalue weighted by molar-refractivity contribution is 7.19. The summed E-state index contributed by atoms with van der Waals surface area (Å²) in [5, 5.41) is 2.34. The van der Waals surface area contributed by atoms with E-state index in [9.17, 15) is 0 Å². The number of pyridine rings is 1. The molecule has 0 unspecified atom stereocenters. The lowest BCUT2D eigenvalue weighted by molar-refractivity contribution is -0.741. The van der Waals surface area contributed by atoms with Crippen molar-refractivity contribution in [1.82, 2.24) is 19.5 Å². The van der Waals surface area contributed by atoms with E-state index in [1.54, 1.807) is 0 Å². The van der Waals surface area contributed by atoms with Gasteiger partial charge in [0.15, 0.2) is 23.4 Å². The SMILES string of the molecule is C=C1c2cc(-c3ccc4c(c3)c3cc5c(cc3n4-c3nc(-c4ccccc4)nc(-c4ccccc4)n3)C(C)(C)c3ccccc3-5)sc2-c2cccc[n+]2C1(CC)CC. The maximum absolute atomic E-state index is 5.26. The number of hydrogen-bond donors (Lipinski definition) is 0. The molecule has 2 aliphatic rings. The summed E-state index contributed by atoms with van der Waals surface area (Å²) in [4.78, 5) is 18.1. The lowest BCUT2D eigenvalue weighted by Gasteiger charge is -2.33. The average Bonchev–Trinajstić information content (AvgIpc) is 3.93. The van der Waals surface area contributed by atoms with Crippen LogP contribution in [0.1, 0.15) is 57.2 Å². The molecule has 0 saturated carbocycles. The van der Waals surface area contributed by atoms with E-state index in [1.165, 1.54) is 59.8 Å². The zero-order chi connectivity index (χ0) is 39.3. The summed E-state index contributed by atoms with van der Waals surface area (Å²) in [7, 11) is 0. The van der Waals surface area contributed by atoms with Crippen molar-refractivity contribution in [2.45, 2.75) is 51.5 Å². The molecule has 0 N–H and O–H groups in total. The van der Waals surface area contributed by atoms with E-state index in [0.29, 0.717) is 17.6 Å². The van der Waals surface area contributed by atoms with Gasteiger partial charge in [-0.2, -0.15) is 14.5 Å². The Hall–Kier alpha value is -6.50. The third-order valence-corrected chi connectivity index (χ3v) is 14.2. The first-order valence-corrected chi connectivity index (χ1v) is 21.1. The van der Waals surface area contributed by atoms with Crippen LogP contribution >= 0.6 is 11.3 Å². The molecule has 5 aromatic carbocycles. The number of benzene rings is 5. The van der Waals surface area contributed by atoms with E-state index in [0.717, 1.165) is 40.4 Å². The minimum absolute atomic E-state index is 0.147. The zero-order valence-electron chi connectivity index (χ0n) is 33.1. The molecule has 0 atom stereocenters. The number of fused-ring (bicyclic) bond motifs is 9. The van der Waals surface area contributed by atoms with Gasteiger partial charge in [0.2, 0.25) is 11.6 Å². The summed E-state index contributed by atoms with van der Waals surface area (Å²) >= 11 is 1.86. The zero-order valence-corrected chi connectivity index (χ0v) is 33.9. The molecule has 5 nitrogen and oxygen atoms in total. The second kappa shape index (κ2) is 12.8. The lowest BCUT2D eigenvalue weighted by atomic mass is 9.78. The lowest BCUT2D eigenvalue weighted by Crippen LogP contribution is -2.58. The molecule has 0 amide bonds. The molecule has 58 heavy (non-hydrogen) atoms. The van der Waals surface area contributed by atoms with Crippen LogP contribution in [0.5, 0.6) is 0 Å². The minimum atomic E-state index is -0.172. The molecule has 1 aliphatic carbocycles. The first-order valence-electron chi connectivity index (χ1n) is 20.3. The van der Waals surface area contributed by atoms with E-state index in [-0.39, 0.29) is 11.0 Å². The predicted molar refractivity (Wildman–Crippen MR) is 239 cm³/mol. The van der Waals surface area contributed by atoms with Gasteiger partial charge in [0.05, 0.1) is 11.0 Å². The molecule has 9 aromatic rings. The number of nitrogens with zero attached hydrogens (tertiary/aromatic N) is 5. The van der Waals surface area contributed by atoms with Crippen LogP contribution < -0.4 is 4.57 Å². The Morgan fingerprint density at radius 1 is 0.603 bits per heavy atom. The Bertz CT molecular complexity index is 3070. The fourth-order valence-corrected chi connectivity index (χ4v) is 11.0. The molecule has 11 rings (SSSR count). The van der Waals surface area contributed by atoms with Crippen molar-refractivity contribution >= 4 is 38.7 Å². The van der Waals surface area contributed by atoms with Gasteiger partial charge in [-0.3, -0.25) is 4.57 Å². The van der Waals surface area contributed by atoms with Crippen molar-refractivity contribution < 1.29 is 4.57 Å². The molecule has 0 radical (unpaired) electrons. The summed E-state index contributed by atoms with van der Waals surface area (Å²) in [5.74, 6) is 1.88. The van der Waals surface area contributed by atoms with Crippen molar-refractivity contribution in [3.8, 4) is 60.9 Å². The third kappa shape index (κ3) is 4.88. The molecule has 280 valence electrons. The molecule has 0 fully saturated rings. The molecular weight excluding hydrogens is 727 g/mol. The van der Waals surface area contributed by atoms with Crippen molar-refractivity contribution in [3.05, 3.63) is 169 Å². The Kier molecular flexibility index (Phi) is 7.64. The topological polar surface area (TPSA) is 47.5 Å². The first-order chi connectivity index (χ1) is 28.3. The summed E-state index contributed by atoms with van der Waals surface area (Å²) in [6, 6.07) is 50.0. The van der Waals surface area contributed by atoms with Gasteiger partial charge >= 0.3 is 0 Å². The maximum Gasteiger partial charge on any atom is 0.238 e. The van der Waals surface area contributed by atoms with Crippen LogP contribution in [0.25, 0.3) is 88.2 Å². The van der Waals surface area contributed by atoms with Crippen LogP contribution in [-0.4, -0.2) is 19.5 Å². The molecule has 0 bridgehead atoms. The molecule has 0 saturated heterocycles. The van der Waals surface area contributed by atoms with E-state index < -0.39 is 0 Å². The van der Waals surface area contributed by atoms with Gasteiger partial charge in [-0.05, 0) is 64.2 Å². The Morgan fingerprint density at radius 2 is 1.26 bits per heavy atom. The second-order valence-electron chi connectivity index (χ2n) is 16.2. The van der Waals surface area contributed by atoms with Crippen molar-refractivity contribution in [1.29, 1.82) is 0 Å². The largest absolute Gasteiger partial charge is 0.278 e. The van der Waals surface area contributed by atoms with Gasteiger partial charge in [0.25, 0.3) is 0 Å². The van der Waals surface area contributed by atoms with E-state index in [2.05, 4.69) is 146 Å². The van der Waals surface area contributed by atoms with Gasteiger partial charge in [0.1, 0.15) is 4.88 Å². The molecular formula is C52H42N5S+. The Morgan fingerprint density at radius 3 is 1.97 bits per heavy atom. The number of allylic oxidation sites excluding steroid dienone is 1. The number of aromatic nitrogens is 5. The van der Waals surface area contributed by atoms with Crippen LogP contribution in [-0.2, 0) is 11.0 Å². The van der Waals surface area contributed by atoms with E-state index >= 15 is 0 Å². The highest BCUT2D eigenvalue weighted by atomic mass is 32.1. The number of thiophene rings is 1. The maximum atomic E-state index is 5.26.